The van der Waals surface area contributed by atoms with Crippen molar-refractivity contribution < 1.29 is 14.3 Å². The van der Waals surface area contributed by atoms with Crippen molar-refractivity contribution >= 4 is 5.91 Å². The summed E-state index contributed by atoms with van der Waals surface area (Å²) in [5, 5.41) is 2.88. The Kier molecular flexibility index (Phi) is 4.65. The number of benzene rings is 1. The van der Waals surface area contributed by atoms with Crippen LogP contribution < -0.4 is 14.8 Å². The largest absolute Gasteiger partial charge is 0.493 e. The van der Waals surface area contributed by atoms with Gasteiger partial charge in [-0.2, -0.15) is 0 Å². The molecule has 5 nitrogen and oxygen atoms in total. The van der Waals surface area contributed by atoms with Crippen molar-refractivity contribution in [2.24, 2.45) is 0 Å². The molecule has 0 saturated carbocycles. The van der Waals surface area contributed by atoms with Crippen LogP contribution in [0.3, 0.4) is 0 Å². The molecule has 0 atom stereocenters. The summed E-state index contributed by atoms with van der Waals surface area (Å²) in [6, 6.07) is 7.10. The third-order valence-corrected chi connectivity index (χ3v) is 3.01. The number of hydrogen-bond acceptors (Lipinski definition) is 3. The highest BCUT2D eigenvalue weighted by molar-refractivity contribution is 5.94. The van der Waals surface area contributed by atoms with Crippen molar-refractivity contribution in [2.45, 2.75) is 6.42 Å². The molecule has 0 fully saturated rings. The highest BCUT2D eigenvalue weighted by atomic mass is 16.5. The first-order valence-corrected chi connectivity index (χ1v) is 6.36. The highest BCUT2D eigenvalue weighted by Gasteiger charge is 2.10. The standard InChI is InChI=1S/C15H18N2O3/c1-19-13-4-3-12(9-14(13)20-2)15(18)17-8-6-11-5-7-16-10-11/h3-5,7,9-10,16H,6,8H2,1-2H3,(H,17,18). The molecule has 2 N–H and O–H groups in total. The van der Waals surface area contributed by atoms with E-state index in [0.717, 1.165) is 12.0 Å². The zero-order valence-corrected chi connectivity index (χ0v) is 11.6. The number of ether oxygens (including phenoxy) is 2. The molecular weight excluding hydrogens is 256 g/mol. The minimum absolute atomic E-state index is 0.124. The number of amides is 1. The van der Waals surface area contributed by atoms with Gasteiger partial charge in [0.25, 0.3) is 5.91 Å². The minimum Gasteiger partial charge on any atom is -0.493 e. The molecule has 1 aromatic carbocycles. The number of nitrogens with one attached hydrogen (secondary N) is 2. The van der Waals surface area contributed by atoms with Crippen LogP contribution in [0.2, 0.25) is 0 Å². The molecule has 0 aliphatic rings. The highest BCUT2D eigenvalue weighted by Crippen LogP contribution is 2.27. The van der Waals surface area contributed by atoms with Gasteiger partial charge in [-0.05, 0) is 36.2 Å². The fourth-order valence-electron chi connectivity index (χ4n) is 1.91. The third kappa shape index (κ3) is 3.32. The van der Waals surface area contributed by atoms with Gasteiger partial charge in [-0.3, -0.25) is 4.79 Å². The van der Waals surface area contributed by atoms with Gasteiger partial charge in [-0.1, -0.05) is 0 Å². The van der Waals surface area contributed by atoms with Crippen LogP contribution in [0.5, 0.6) is 11.5 Å². The van der Waals surface area contributed by atoms with Gasteiger partial charge in [0.05, 0.1) is 14.2 Å². The zero-order chi connectivity index (χ0) is 14.4. The number of methoxy groups -OCH3 is 2. The van der Waals surface area contributed by atoms with Gasteiger partial charge < -0.3 is 19.8 Å². The maximum atomic E-state index is 12.0. The molecule has 2 rings (SSSR count). The predicted octanol–water partition coefficient (Wildman–Crippen LogP) is 2.00. The van der Waals surface area contributed by atoms with Crippen LogP contribution in [0.1, 0.15) is 15.9 Å². The van der Waals surface area contributed by atoms with Gasteiger partial charge >= 0.3 is 0 Å². The first kappa shape index (κ1) is 14.0. The predicted molar refractivity (Wildman–Crippen MR) is 76.4 cm³/mol. The van der Waals surface area contributed by atoms with Crippen molar-refractivity contribution in [3.05, 3.63) is 47.8 Å². The monoisotopic (exact) mass is 274 g/mol. The Labute approximate surface area is 117 Å². The number of carbonyl (C=O) groups is 1. The molecule has 0 radical (unpaired) electrons. The first-order valence-electron chi connectivity index (χ1n) is 6.36. The fraction of sp³-hybridized carbons (Fsp3) is 0.267. The van der Waals surface area contributed by atoms with E-state index in [1.807, 2.05) is 18.5 Å². The second-order valence-corrected chi connectivity index (χ2v) is 4.29. The summed E-state index contributed by atoms with van der Waals surface area (Å²) in [6.07, 6.45) is 4.58. The topological polar surface area (TPSA) is 63.3 Å². The van der Waals surface area contributed by atoms with Crippen LogP contribution in [0.25, 0.3) is 0 Å². The maximum absolute atomic E-state index is 12.0. The van der Waals surface area contributed by atoms with E-state index in [4.69, 9.17) is 9.47 Å². The van der Waals surface area contributed by atoms with Gasteiger partial charge in [0.15, 0.2) is 11.5 Å². The average Bonchev–Trinajstić information content (AvgIpc) is 2.99. The number of carbonyl (C=O) groups excluding carboxylic acids is 1. The normalized spacial score (nSPS) is 10.1. The quantitative estimate of drug-likeness (QED) is 0.847. The van der Waals surface area contributed by atoms with E-state index < -0.39 is 0 Å². The second kappa shape index (κ2) is 6.65. The van der Waals surface area contributed by atoms with E-state index in [1.165, 1.54) is 0 Å². The molecular formula is C15H18N2O3. The lowest BCUT2D eigenvalue weighted by molar-refractivity contribution is 0.0953. The molecule has 0 aliphatic carbocycles. The molecule has 20 heavy (non-hydrogen) atoms. The van der Waals surface area contributed by atoms with Gasteiger partial charge in [0, 0.05) is 24.5 Å². The average molecular weight is 274 g/mol. The summed E-state index contributed by atoms with van der Waals surface area (Å²) >= 11 is 0. The van der Waals surface area contributed by atoms with Crippen molar-refractivity contribution in [3.8, 4) is 11.5 Å². The SMILES string of the molecule is COc1ccc(C(=O)NCCc2cc[nH]c2)cc1OC. The van der Waals surface area contributed by atoms with E-state index in [2.05, 4.69) is 10.3 Å². The van der Waals surface area contributed by atoms with Gasteiger partial charge in [0.1, 0.15) is 0 Å². The molecule has 5 heteroatoms. The van der Waals surface area contributed by atoms with E-state index in [9.17, 15) is 4.79 Å². The third-order valence-electron chi connectivity index (χ3n) is 3.01. The van der Waals surface area contributed by atoms with Crippen molar-refractivity contribution in [1.82, 2.24) is 10.3 Å². The second-order valence-electron chi connectivity index (χ2n) is 4.29. The molecule has 1 amide bonds. The van der Waals surface area contributed by atoms with Crippen LogP contribution in [-0.2, 0) is 6.42 Å². The molecule has 0 bridgehead atoms. The summed E-state index contributed by atoms with van der Waals surface area (Å²) in [5.74, 6) is 1.03. The van der Waals surface area contributed by atoms with Gasteiger partial charge in [0.2, 0.25) is 0 Å². The summed E-state index contributed by atoms with van der Waals surface area (Å²) < 4.78 is 10.3. The number of aromatic nitrogens is 1. The number of hydrogen-bond donors (Lipinski definition) is 2. The van der Waals surface area contributed by atoms with Crippen LogP contribution in [-0.4, -0.2) is 31.7 Å². The summed E-state index contributed by atoms with van der Waals surface area (Å²) in [4.78, 5) is 15.0. The molecule has 0 aliphatic heterocycles. The molecule has 0 saturated heterocycles. The summed E-state index contributed by atoms with van der Waals surface area (Å²) in [6.45, 7) is 0.588. The Morgan fingerprint density at radius 3 is 2.65 bits per heavy atom. The van der Waals surface area contributed by atoms with Crippen molar-refractivity contribution in [2.75, 3.05) is 20.8 Å². The van der Waals surface area contributed by atoms with E-state index in [0.29, 0.717) is 23.6 Å². The molecule has 106 valence electrons. The lowest BCUT2D eigenvalue weighted by Gasteiger charge is -2.09. The summed E-state index contributed by atoms with van der Waals surface area (Å²) in [7, 11) is 3.11. The van der Waals surface area contributed by atoms with E-state index >= 15 is 0 Å². The fourth-order valence-corrected chi connectivity index (χ4v) is 1.91. The van der Waals surface area contributed by atoms with Crippen molar-refractivity contribution in [1.29, 1.82) is 0 Å². The Balaban J connectivity index is 1.95. The van der Waals surface area contributed by atoms with Crippen LogP contribution in [0.4, 0.5) is 0 Å². The van der Waals surface area contributed by atoms with Crippen LogP contribution in [0.15, 0.2) is 36.7 Å². The maximum Gasteiger partial charge on any atom is 0.251 e. The number of aromatic amines is 1. The minimum atomic E-state index is -0.124. The molecule has 1 aromatic heterocycles. The van der Waals surface area contributed by atoms with Gasteiger partial charge in [-0.15, -0.1) is 0 Å². The first-order chi connectivity index (χ1) is 9.74. The van der Waals surface area contributed by atoms with E-state index in [-0.39, 0.29) is 5.91 Å². The lowest BCUT2D eigenvalue weighted by atomic mass is 10.2. The van der Waals surface area contributed by atoms with Crippen molar-refractivity contribution in [3.63, 3.8) is 0 Å². The molecule has 0 spiro atoms. The lowest BCUT2D eigenvalue weighted by Crippen LogP contribution is -2.25. The van der Waals surface area contributed by atoms with Gasteiger partial charge in [-0.25, -0.2) is 0 Å². The Morgan fingerprint density at radius 2 is 2.00 bits per heavy atom. The number of H-pyrrole nitrogens is 1. The molecule has 1 heterocycles. The van der Waals surface area contributed by atoms with Crippen LogP contribution in [0, 0.1) is 0 Å². The molecule has 0 unspecified atom stereocenters. The van der Waals surface area contributed by atoms with Crippen LogP contribution >= 0.6 is 0 Å². The zero-order valence-electron chi connectivity index (χ0n) is 11.6. The Bertz CT molecular complexity index is 565. The Morgan fingerprint density at radius 1 is 1.20 bits per heavy atom. The smallest absolute Gasteiger partial charge is 0.251 e. The molecule has 2 aromatic rings. The number of rotatable bonds is 6. The summed E-state index contributed by atoms with van der Waals surface area (Å²) in [5.41, 5.74) is 1.72. The Hall–Kier alpha value is -2.43. The van der Waals surface area contributed by atoms with E-state index in [1.54, 1.807) is 32.4 Å².